The SMILES string of the molecule is CC(C)OCC(=O)NC1(CN)CCOCC1. The highest BCUT2D eigenvalue weighted by Crippen LogP contribution is 2.19. The summed E-state index contributed by atoms with van der Waals surface area (Å²) in [5, 5.41) is 2.97. The van der Waals surface area contributed by atoms with E-state index in [9.17, 15) is 4.79 Å². The van der Waals surface area contributed by atoms with Crippen molar-refractivity contribution in [2.45, 2.75) is 38.3 Å². The van der Waals surface area contributed by atoms with Gasteiger partial charge in [0, 0.05) is 19.8 Å². The Morgan fingerprint density at radius 1 is 1.50 bits per heavy atom. The summed E-state index contributed by atoms with van der Waals surface area (Å²) in [7, 11) is 0. The lowest BCUT2D eigenvalue weighted by atomic mass is 9.90. The Bertz CT molecular complexity index is 225. The van der Waals surface area contributed by atoms with E-state index in [4.69, 9.17) is 15.2 Å². The number of ether oxygens (including phenoxy) is 2. The van der Waals surface area contributed by atoms with Crippen molar-refractivity contribution < 1.29 is 14.3 Å². The van der Waals surface area contributed by atoms with Gasteiger partial charge in [-0.05, 0) is 26.7 Å². The molecule has 0 aromatic heterocycles. The molecule has 1 aliphatic rings. The quantitative estimate of drug-likeness (QED) is 0.699. The fourth-order valence-electron chi connectivity index (χ4n) is 1.72. The van der Waals surface area contributed by atoms with E-state index < -0.39 is 0 Å². The highest BCUT2D eigenvalue weighted by Gasteiger charge is 2.32. The molecule has 5 nitrogen and oxygen atoms in total. The maximum atomic E-state index is 11.6. The predicted molar refractivity (Wildman–Crippen MR) is 61.1 cm³/mol. The molecule has 0 radical (unpaired) electrons. The Balaban J connectivity index is 2.39. The van der Waals surface area contributed by atoms with Crippen molar-refractivity contribution in [3.05, 3.63) is 0 Å². The van der Waals surface area contributed by atoms with Gasteiger partial charge in [-0.1, -0.05) is 0 Å². The molecule has 1 aliphatic heterocycles. The fraction of sp³-hybridized carbons (Fsp3) is 0.909. The van der Waals surface area contributed by atoms with E-state index >= 15 is 0 Å². The summed E-state index contributed by atoms with van der Waals surface area (Å²) in [6.07, 6.45) is 1.61. The molecule has 1 rings (SSSR count). The van der Waals surface area contributed by atoms with Crippen LogP contribution in [0.15, 0.2) is 0 Å². The van der Waals surface area contributed by atoms with Crippen molar-refractivity contribution in [2.75, 3.05) is 26.4 Å². The van der Waals surface area contributed by atoms with Crippen LogP contribution in [0.25, 0.3) is 0 Å². The molecule has 0 unspecified atom stereocenters. The molecule has 1 saturated heterocycles. The van der Waals surface area contributed by atoms with E-state index in [0.29, 0.717) is 19.8 Å². The summed E-state index contributed by atoms with van der Waals surface area (Å²) in [4.78, 5) is 11.6. The van der Waals surface area contributed by atoms with Gasteiger partial charge < -0.3 is 20.5 Å². The molecule has 1 heterocycles. The van der Waals surface area contributed by atoms with Crippen LogP contribution in [-0.4, -0.2) is 43.9 Å². The monoisotopic (exact) mass is 230 g/mol. The van der Waals surface area contributed by atoms with E-state index in [1.54, 1.807) is 0 Å². The Kier molecular flexibility index (Phi) is 5.18. The molecule has 0 aliphatic carbocycles. The van der Waals surface area contributed by atoms with Gasteiger partial charge in [0.15, 0.2) is 0 Å². The average molecular weight is 230 g/mol. The van der Waals surface area contributed by atoms with Crippen LogP contribution in [0, 0.1) is 0 Å². The Morgan fingerprint density at radius 3 is 2.62 bits per heavy atom. The van der Waals surface area contributed by atoms with Gasteiger partial charge in [0.25, 0.3) is 0 Å². The minimum Gasteiger partial charge on any atom is -0.381 e. The Labute approximate surface area is 96.7 Å². The second-order valence-corrected chi connectivity index (χ2v) is 4.50. The van der Waals surface area contributed by atoms with Gasteiger partial charge in [0.05, 0.1) is 11.6 Å². The van der Waals surface area contributed by atoms with Crippen molar-refractivity contribution in [1.82, 2.24) is 5.32 Å². The highest BCUT2D eigenvalue weighted by atomic mass is 16.5. The van der Waals surface area contributed by atoms with Crippen LogP contribution < -0.4 is 11.1 Å². The van der Waals surface area contributed by atoms with E-state index in [1.807, 2.05) is 13.8 Å². The first-order valence-corrected chi connectivity index (χ1v) is 5.78. The molecule has 0 saturated carbocycles. The largest absolute Gasteiger partial charge is 0.381 e. The van der Waals surface area contributed by atoms with E-state index in [2.05, 4.69) is 5.32 Å². The van der Waals surface area contributed by atoms with Gasteiger partial charge in [-0.15, -0.1) is 0 Å². The number of carbonyl (C=O) groups excluding carboxylic acids is 1. The fourth-order valence-corrected chi connectivity index (χ4v) is 1.72. The first-order valence-electron chi connectivity index (χ1n) is 5.78. The van der Waals surface area contributed by atoms with Crippen LogP contribution in [0.2, 0.25) is 0 Å². The smallest absolute Gasteiger partial charge is 0.246 e. The highest BCUT2D eigenvalue weighted by molar-refractivity contribution is 5.78. The number of amides is 1. The molecule has 1 fully saturated rings. The molecular formula is C11H22N2O3. The van der Waals surface area contributed by atoms with Gasteiger partial charge >= 0.3 is 0 Å². The topological polar surface area (TPSA) is 73.6 Å². The molecule has 5 heteroatoms. The van der Waals surface area contributed by atoms with Crippen LogP contribution in [0.1, 0.15) is 26.7 Å². The van der Waals surface area contributed by atoms with Gasteiger partial charge in [0.2, 0.25) is 5.91 Å². The predicted octanol–water partition coefficient (Wildman–Crippen LogP) is 0.0355. The molecule has 0 spiro atoms. The molecule has 0 bridgehead atoms. The van der Waals surface area contributed by atoms with Gasteiger partial charge in [0.1, 0.15) is 6.61 Å². The van der Waals surface area contributed by atoms with Gasteiger partial charge in [-0.3, -0.25) is 4.79 Å². The first-order chi connectivity index (χ1) is 7.58. The molecule has 16 heavy (non-hydrogen) atoms. The van der Waals surface area contributed by atoms with Gasteiger partial charge in [-0.2, -0.15) is 0 Å². The second kappa shape index (κ2) is 6.18. The van der Waals surface area contributed by atoms with Crippen LogP contribution in [0.5, 0.6) is 0 Å². The van der Waals surface area contributed by atoms with Crippen LogP contribution in [0.4, 0.5) is 0 Å². The zero-order chi connectivity index (χ0) is 12.0. The average Bonchev–Trinajstić information content (AvgIpc) is 2.28. The van der Waals surface area contributed by atoms with Crippen LogP contribution in [-0.2, 0) is 14.3 Å². The second-order valence-electron chi connectivity index (χ2n) is 4.50. The molecular weight excluding hydrogens is 208 g/mol. The van der Waals surface area contributed by atoms with Crippen molar-refractivity contribution in [1.29, 1.82) is 0 Å². The molecule has 0 aromatic carbocycles. The lowest BCUT2D eigenvalue weighted by Gasteiger charge is -2.36. The van der Waals surface area contributed by atoms with Crippen LogP contribution >= 0.6 is 0 Å². The molecule has 0 atom stereocenters. The standard InChI is InChI=1S/C11H22N2O3/c1-9(2)16-7-10(14)13-11(8-12)3-5-15-6-4-11/h9H,3-8,12H2,1-2H3,(H,13,14). The molecule has 1 amide bonds. The van der Waals surface area contributed by atoms with Crippen molar-refractivity contribution >= 4 is 5.91 Å². The third-order valence-electron chi connectivity index (χ3n) is 2.79. The van der Waals surface area contributed by atoms with Crippen molar-refractivity contribution in [3.63, 3.8) is 0 Å². The van der Waals surface area contributed by atoms with Gasteiger partial charge in [-0.25, -0.2) is 0 Å². The van der Waals surface area contributed by atoms with E-state index in [-0.39, 0.29) is 24.2 Å². The summed E-state index contributed by atoms with van der Waals surface area (Å²) in [6, 6.07) is 0. The number of rotatable bonds is 5. The summed E-state index contributed by atoms with van der Waals surface area (Å²) >= 11 is 0. The van der Waals surface area contributed by atoms with E-state index in [1.165, 1.54) is 0 Å². The maximum Gasteiger partial charge on any atom is 0.246 e. The van der Waals surface area contributed by atoms with E-state index in [0.717, 1.165) is 12.8 Å². The number of carbonyl (C=O) groups is 1. The Hall–Kier alpha value is -0.650. The molecule has 3 N–H and O–H groups in total. The third-order valence-corrected chi connectivity index (χ3v) is 2.79. The zero-order valence-corrected chi connectivity index (χ0v) is 10.1. The molecule has 94 valence electrons. The number of hydrogen-bond acceptors (Lipinski definition) is 4. The lowest BCUT2D eigenvalue weighted by Crippen LogP contribution is -2.57. The first kappa shape index (κ1) is 13.4. The Morgan fingerprint density at radius 2 is 2.12 bits per heavy atom. The minimum absolute atomic E-state index is 0.0641. The molecule has 0 aromatic rings. The maximum absolute atomic E-state index is 11.6. The van der Waals surface area contributed by atoms with Crippen molar-refractivity contribution in [2.24, 2.45) is 5.73 Å². The normalized spacial score (nSPS) is 19.8. The summed E-state index contributed by atoms with van der Waals surface area (Å²) in [5.41, 5.74) is 5.44. The lowest BCUT2D eigenvalue weighted by molar-refractivity contribution is -0.130. The van der Waals surface area contributed by atoms with Crippen LogP contribution in [0.3, 0.4) is 0 Å². The summed E-state index contributed by atoms with van der Waals surface area (Å²) in [6.45, 7) is 5.66. The third kappa shape index (κ3) is 4.08. The van der Waals surface area contributed by atoms with Crippen molar-refractivity contribution in [3.8, 4) is 0 Å². The summed E-state index contributed by atoms with van der Waals surface area (Å²) in [5.74, 6) is -0.0962. The minimum atomic E-state index is -0.296. The number of nitrogens with one attached hydrogen (secondary N) is 1. The number of hydrogen-bond donors (Lipinski definition) is 2. The number of nitrogens with two attached hydrogens (primary N) is 1. The summed E-state index contributed by atoms with van der Waals surface area (Å²) < 4.78 is 10.5. The zero-order valence-electron chi connectivity index (χ0n) is 10.1.